The number of nitrogens with zero attached hydrogens (tertiary/aromatic N) is 1. The number of pyridine rings is 1. The van der Waals surface area contributed by atoms with Gasteiger partial charge in [0, 0.05) is 23.7 Å². The van der Waals surface area contributed by atoms with E-state index in [4.69, 9.17) is 9.47 Å². The first-order valence-electron chi connectivity index (χ1n) is 9.49. The molecular formula is C21H21FN2O3. The first-order chi connectivity index (χ1) is 13.1. The number of benzene rings is 1. The van der Waals surface area contributed by atoms with E-state index in [1.54, 1.807) is 12.3 Å². The van der Waals surface area contributed by atoms with Crippen molar-refractivity contribution in [1.82, 2.24) is 10.3 Å². The molecule has 5 rings (SSSR count). The van der Waals surface area contributed by atoms with Crippen molar-refractivity contribution in [3.05, 3.63) is 53.5 Å². The molecule has 2 fully saturated rings. The van der Waals surface area contributed by atoms with Crippen molar-refractivity contribution >= 4 is 5.91 Å². The van der Waals surface area contributed by atoms with Crippen LogP contribution in [0.3, 0.4) is 0 Å². The van der Waals surface area contributed by atoms with E-state index in [0.717, 1.165) is 30.4 Å². The number of fused-ring (bicyclic) bond motifs is 3. The number of nitrogens with one attached hydrogen (secondary N) is 1. The van der Waals surface area contributed by atoms with Gasteiger partial charge in [0.2, 0.25) is 11.8 Å². The van der Waals surface area contributed by atoms with Gasteiger partial charge in [0.05, 0.1) is 18.1 Å². The highest BCUT2D eigenvalue weighted by atomic mass is 19.1. The third kappa shape index (κ3) is 2.58. The molecule has 3 atom stereocenters. The van der Waals surface area contributed by atoms with E-state index < -0.39 is 0 Å². The fourth-order valence-corrected chi connectivity index (χ4v) is 4.38. The normalized spacial score (nSPS) is 26.2. The monoisotopic (exact) mass is 368 g/mol. The zero-order valence-corrected chi connectivity index (χ0v) is 15.1. The van der Waals surface area contributed by atoms with E-state index in [9.17, 15) is 9.18 Å². The van der Waals surface area contributed by atoms with Crippen molar-refractivity contribution in [1.29, 1.82) is 0 Å². The Kier molecular flexibility index (Phi) is 3.64. The average molecular weight is 368 g/mol. The number of aromatic nitrogens is 1. The van der Waals surface area contributed by atoms with Crippen LogP contribution < -0.4 is 14.8 Å². The second kappa shape index (κ2) is 5.94. The summed E-state index contributed by atoms with van der Waals surface area (Å²) in [5.41, 5.74) is 1.45. The molecule has 140 valence electrons. The van der Waals surface area contributed by atoms with Gasteiger partial charge in [0.1, 0.15) is 17.7 Å². The lowest BCUT2D eigenvalue weighted by Gasteiger charge is -2.43. The molecule has 0 saturated heterocycles. The van der Waals surface area contributed by atoms with Crippen LogP contribution in [0.25, 0.3) is 0 Å². The summed E-state index contributed by atoms with van der Waals surface area (Å²) in [6.07, 6.45) is 4.47. The number of carbonyl (C=O) groups is 1. The van der Waals surface area contributed by atoms with Crippen molar-refractivity contribution in [3.8, 4) is 11.6 Å². The number of hydrogen-bond acceptors (Lipinski definition) is 4. The van der Waals surface area contributed by atoms with Crippen molar-refractivity contribution in [3.63, 3.8) is 0 Å². The third-order valence-electron chi connectivity index (χ3n) is 6.00. The molecule has 2 aliphatic carbocycles. The van der Waals surface area contributed by atoms with Gasteiger partial charge in [0.15, 0.2) is 0 Å². The Balaban J connectivity index is 1.32. The van der Waals surface area contributed by atoms with E-state index in [2.05, 4.69) is 10.3 Å². The number of amides is 1. The third-order valence-corrected chi connectivity index (χ3v) is 6.00. The van der Waals surface area contributed by atoms with E-state index >= 15 is 0 Å². The molecular weight excluding hydrogens is 347 g/mol. The van der Waals surface area contributed by atoms with Gasteiger partial charge in [0.25, 0.3) is 0 Å². The zero-order chi connectivity index (χ0) is 18.6. The van der Waals surface area contributed by atoms with Crippen molar-refractivity contribution < 1.29 is 18.7 Å². The van der Waals surface area contributed by atoms with Gasteiger partial charge in [-0.3, -0.25) is 4.79 Å². The van der Waals surface area contributed by atoms with Gasteiger partial charge in [-0.1, -0.05) is 0 Å². The molecule has 1 aromatic carbocycles. The maximum Gasteiger partial charge on any atom is 0.228 e. The molecule has 2 aromatic rings. The molecule has 0 bridgehead atoms. The van der Waals surface area contributed by atoms with E-state index in [1.807, 2.05) is 19.1 Å². The number of rotatable bonds is 5. The smallest absolute Gasteiger partial charge is 0.228 e. The second-order valence-electron chi connectivity index (χ2n) is 7.56. The molecule has 6 heteroatoms. The highest BCUT2D eigenvalue weighted by Crippen LogP contribution is 2.58. The van der Waals surface area contributed by atoms with Gasteiger partial charge < -0.3 is 14.8 Å². The summed E-state index contributed by atoms with van der Waals surface area (Å²) >= 11 is 0. The predicted octanol–water partition coefficient (Wildman–Crippen LogP) is 3.29. The molecule has 0 radical (unpaired) electrons. The van der Waals surface area contributed by atoms with Crippen LogP contribution >= 0.6 is 0 Å². The fourth-order valence-electron chi connectivity index (χ4n) is 4.38. The molecule has 1 aliphatic heterocycles. The molecule has 27 heavy (non-hydrogen) atoms. The highest BCUT2D eigenvalue weighted by molar-refractivity contribution is 5.86. The number of halogens is 1. The minimum atomic E-state index is -0.365. The molecule has 2 heterocycles. The number of hydrogen-bond donors (Lipinski definition) is 1. The lowest BCUT2D eigenvalue weighted by Crippen LogP contribution is -2.51. The summed E-state index contributed by atoms with van der Waals surface area (Å²) in [4.78, 5) is 17.3. The minimum Gasteiger partial charge on any atom is -0.489 e. The summed E-state index contributed by atoms with van der Waals surface area (Å²) in [5, 5.41) is 3.24. The summed E-state index contributed by atoms with van der Waals surface area (Å²) in [6.45, 7) is 2.49. The lowest BCUT2D eigenvalue weighted by atomic mass is 9.72. The summed E-state index contributed by atoms with van der Waals surface area (Å²) in [6, 6.07) is 8.35. The van der Waals surface area contributed by atoms with Gasteiger partial charge in [-0.25, -0.2) is 9.37 Å². The maximum atomic E-state index is 13.6. The van der Waals surface area contributed by atoms with Crippen LogP contribution in [0.4, 0.5) is 4.39 Å². The summed E-state index contributed by atoms with van der Waals surface area (Å²) < 4.78 is 24.8. The highest BCUT2D eigenvalue weighted by Gasteiger charge is 2.63. The molecule has 0 spiro atoms. The Morgan fingerprint density at radius 1 is 1.37 bits per heavy atom. The number of carbonyl (C=O) groups excluding carboxylic acids is 1. The molecule has 1 amide bonds. The Morgan fingerprint density at radius 2 is 2.22 bits per heavy atom. The van der Waals surface area contributed by atoms with Crippen LogP contribution in [0.1, 0.15) is 43.2 Å². The van der Waals surface area contributed by atoms with Crippen LogP contribution in [0, 0.1) is 11.7 Å². The molecule has 1 aromatic heterocycles. The van der Waals surface area contributed by atoms with Crippen molar-refractivity contribution in [2.24, 2.45) is 5.92 Å². The van der Waals surface area contributed by atoms with Gasteiger partial charge in [-0.15, -0.1) is 0 Å². The summed E-state index contributed by atoms with van der Waals surface area (Å²) in [7, 11) is 0. The number of ether oxygens (including phenoxy) is 2. The standard InChI is InChI=1S/C21H21FN2O3/c1-2-26-16-7-4-12(11-23-16)21(8-3-9-21)24-20(25)18-17-14-10-13(22)5-6-15(14)27-19(17)18/h4-7,10-11,17-19H,2-3,8-9H2,1H3,(H,24,25). The Labute approximate surface area is 156 Å². The van der Waals surface area contributed by atoms with Crippen molar-refractivity contribution in [2.75, 3.05) is 6.61 Å². The predicted molar refractivity (Wildman–Crippen MR) is 96.1 cm³/mol. The van der Waals surface area contributed by atoms with E-state index in [1.165, 1.54) is 12.1 Å². The molecule has 3 aliphatic rings. The Bertz CT molecular complexity index is 895. The molecule has 3 unspecified atom stereocenters. The summed E-state index contributed by atoms with van der Waals surface area (Å²) in [5.74, 6) is 0.697. The topological polar surface area (TPSA) is 60.5 Å². The van der Waals surface area contributed by atoms with E-state index in [-0.39, 0.29) is 35.2 Å². The van der Waals surface area contributed by atoms with Gasteiger partial charge in [-0.05, 0) is 56.0 Å². The fraction of sp³-hybridized carbons (Fsp3) is 0.429. The SMILES string of the molecule is CCOc1ccc(C2(NC(=O)C3C4Oc5ccc(F)cc5C43)CCC2)cn1. The van der Waals surface area contributed by atoms with E-state index in [0.29, 0.717) is 18.2 Å². The average Bonchev–Trinajstić information content (AvgIpc) is 3.23. The van der Waals surface area contributed by atoms with Gasteiger partial charge >= 0.3 is 0 Å². The Morgan fingerprint density at radius 3 is 2.89 bits per heavy atom. The first-order valence-corrected chi connectivity index (χ1v) is 9.49. The van der Waals surface area contributed by atoms with Crippen LogP contribution in [0.5, 0.6) is 11.6 Å². The van der Waals surface area contributed by atoms with Crippen LogP contribution in [0.15, 0.2) is 36.5 Å². The molecule has 2 saturated carbocycles. The first kappa shape index (κ1) is 16.5. The molecule has 1 N–H and O–H groups in total. The maximum absolute atomic E-state index is 13.6. The molecule has 5 nitrogen and oxygen atoms in total. The minimum absolute atomic E-state index is 0.0199. The van der Waals surface area contributed by atoms with Gasteiger partial charge in [-0.2, -0.15) is 0 Å². The van der Waals surface area contributed by atoms with Crippen molar-refractivity contribution in [2.45, 2.75) is 43.7 Å². The van der Waals surface area contributed by atoms with Crippen LogP contribution in [-0.2, 0) is 10.3 Å². The zero-order valence-electron chi connectivity index (χ0n) is 15.1. The van der Waals surface area contributed by atoms with Crippen LogP contribution in [-0.4, -0.2) is 23.6 Å². The quantitative estimate of drug-likeness (QED) is 0.880. The second-order valence-corrected chi connectivity index (χ2v) is 7.56. The Hall–Kier alpha value is -2.63. The van der Waals surface area contributed by atoms with Crippen LogP contribution in [0.2, 0.25) is 0 Å². The largest absolute Gasteiger partial charge is 0.489 e. The lowest BCUT2D eigenvalue weighted by molar-refractivity contribution is -0.126.